The molecule has 6 rings (SSSR count). The van der Waals surface area contributed by atoms with Gasteiger partial charge in [-0.1, -0.05) is 6.07 Å². The molecule has 1 amide bonds. The van der Waals surface area contributed by atoms with Crippen LogP contribution in [0.2, 0.25) is 0 Å². The van der Waals surface area contributed by atoms with Crippen molar-refractivity contribution in [3.05, 3.63) is 101 Å². The summed E-state index contributed by atoms with van der Waals surface area (Å²) in [4.78, 5) is 17.4. The Morgan fingerprint density at radius 1 is 0.800 bits per heavy atom. The third-order valence-electron chi connectivity index (χ3n) is 8.48. The van der Waals surface area contributed by atoms with Gasteiger partial charge < -0.3 is 14.5 Å². The molecule has 1 aromatic heterocycles. The number of rotatable bonds is 8. The van der Waals surface area contributed by atoms with Crippen molar-refractivity contribution < 1.29 is 35.9 Å². The lowest BCUT2D eigenvalue weighted by Gasteiger charge is -2.32. The number of carbonyl (C=O) groups is 1. The highest BCUT2D eigenvalue weighted by Gasteiger charge is 2.30. The summed E-state index contributed by atoms with van der Waals surface area (Å²) in [5.74, 6) is -0.750. The molecular weight excluding hydrogens is 593 g/mol. The minimum atomic E-state index is -4.37. The minimum absolute atomic E-state index is 0.0204. The Morgan fingerprint density at radius 3 is 2.07 bits per heavy atom. The first-order valence-electron chi connectivity index (χ1n) is 15.1. The summed E-state index contributed by atoms with van der Waals surface area (Å²) >= 11 is 0. The molecule has 2 aliphatic heterocycles. The molecule has 0 atom stereocenters. The van der Waals surface area contributed by atoms with Crippen LogP contribution in [0.15, 0.2) is 71.1 Å². The van der Waals surface area contributed by atoms with Crippen LogP contribution in [0.5, 0.6) is 5.75 Å². The number of hydrogen-bond donors (Lipinski definition) is 1. The lowest BCUT2D eigenvalue weighted by molar-refractivity contribution is -0.137. The van der Waals surface area contributed by atoms with Crippen LogP contribution in [0.4, 0.5) is 22.0 Å². The Hall–Kier alpha value is -3.96. The van der Waals surface area contributed by atoms with Gasteiger partial charge in [-0.2, -0.15) is 13.2 Å². The van der Waals surface area contributed by atoms with Gasteiger partial charge in [0.2, 0.25) is 0 Å². The van der Waals surface area contributed by atoms with Gasteiger partial charge in [-0.05, 0) is 91.4 Å². The van der Waals surface area contributed by atoms with Crippen LogP contribution in [0.3, 0.4) is 0 Å². The zero-order valence-corrected chi connectivity index (χ0v) is 24.6. The number of fused-ring (bicyclic) bond motifs is 1. The number of carbonyl (C=O) groups excluding carboxylic acids is 1. The summed E-state index contributed by atoms with van der Waals surface area (Å²) < 4.78 is 77.2. The van der Waals surface area contributed by atoms with Crippen molar-refractivity contribution in [2.24, 2.45) is 0 Å². The molecule has 0 bridgehead atoms. The predicted octanol–water partition coefficient (Wildman–Crippen LogP) is 7.17. The molecule has 6 nitrogen and oxygen atoms in total. The lowest BCUT2D eigenvalue weighted by Crippen LogP contribution is -2.44. The fourth-order valence-electron chi connectivity index (χ4n) is 6.11. The van der Waals surface area contributed by atoms with Crippen LogP contribution in [-0.4, -0.2) is 54.0 Å². The molecule has 0 unspecified atom stereocenters. The normalized spacial score (nSPS) is 17.5. The van der Waals surface area contributed by atoms with E-state index in [4.69, 9.17) is 9.15 Å². The van der Waals surface area contributed by atoms with Gasteiger partial charge in [0, 0.05) is 56.8 Å². The number of furan rings is 1. The summed E-state index contributed by atoms with van der Waals surface area (Å²) in [6.07, 6.45) is -1.45. The minimum Gasteiger partial charge on any atom is -0.490 e. The topological polar surface area (TPSA) is 58.0 Å². The Bertz CT molecular complexity index is 1600. The van der Waals surface area contributed by atoms with Crippen LogP contribution in [0, 0.1) is 11.6 Å². The molecule has 3 heterocycles. The average Bonchev–Trinajstić information content (AvgIpc) is 3.42. The molecule has 238 valence electrons. The first kappa shape index (κ1) is 31.0. The number of likely N-dealkylation sites (tertiary alicyclic amines) is 2. The van der Waals surface area contributed by atoms with Crippen molar-refractivity contribution in [1.29, 1.82) is 0 Å². The van der Waals surface area contributed by atoms with Crippen molar-refractivity contribution >= 4 is 16.9 Å². The Morgan fingerprint density at radius 2 is 1.42 bits per heavy atom. The molecule has 0 spiro atoms. The van der Waals surface area contributed by atoms with E-state index in [0.29, 0.717) is 36.5 Å². The molecule has 2 aliphatic rings. The van der Waals surface area contributed by atoms with Gasteiger partial charge in [0.25, 0.3) is 5.91 Å². The maximum Gasteiger partial charge on any atom is 0.416 e. The molecule has 0 radical (unpaired) electrons. The van der Waals surface area contributed by atoms with Crippen LogP contribution < -0.4 is 10.1 Å². The highest BCUT2D eigenvalue weighted by Crippen LogP contribution is 2.31. The summed E-state index contributed by atoms with van der Waals surface area (Å²) in [7, 11) is 0. The summed E-state index contributed by atoms with van der Waals surface area (Å²) in [5, 5.41) is 3.90. The van der Waals surface area contributed by atoms with E-state index in [1.54, 1.807) is 6.07 Å². The molecule has 45 heavy (non-hydrogen) atoms. The van der Waals surface area contributed by atoms with E-state index >= 15 is 0 Å². The number of piperidine rings is 2. The second-order valence-electron chi connectivity index (χ2n) is 11.9. The molecule has 1 N–H and O–H groups in total. The molecule has 3 aromatic carbocycles. The summed E-state index contributed by atoms with van der Waals surface area (Å²) in [6, 6.07) is 16.0. The number of nitrogens with zero attached hydrogens (tertiary/aromatic N) is 2. The maximum atomic E-state index is 13.5. The predicted molar refractivity (Wildman–Crippen MR) is 159 cm³/mol. The standard InChI is InChI=1S/C34H34F5N3O3/c35-26-16-23(17-27(36)19-26)21-41-11-7-28(8-12-41)40-33(43)32-18-24-15-22(1-6-31(24)45-32)20-42-13-9-30(10-14-42)44-29-4-2-25(3-5-29)34(37,38)39/h1-6,15-19,28,30H,7-14,20-21H2,(H,40,43). The highest BCUT2D eigenvalue weighted by molar-refractivity contribution is 5.96. The fourth-order valence-corrected chi connectivity index (χ4v) is 6.11. The van der Waals surface area contributed by atoms with Crippen LogP contribution >= 0.6 is 0 Å². The zero-order chi connectivity index (χ0) is 31.6. The van der Waals surface area contributed by atoms with E-state index in [0.717, 1.165) is 74.5 Å². The van der Waals surface area contributed by atoms with E-state index in [-0.39, 0.29) is 23.8 Å². The lowest BCUT2D eigenvalue weighted by atomic mass is 10.0. The number of amides is 1. The van der Waals surface area contributed by atoms with Crippen LogP contribution in [0.1, 0.15) is 52.9 Å². The summed E-state index contributed by atoms with van der Waals surface area (Å²) in [6.45, 7) is 4.16. The number of ether oxygens (including phenoxy) is 1. The molecule has 2 saturated heterocycles. The molecule has 11 heteroatoms. The van der Waals surface area contributed by atoms with Gasteiger partial charge in [-0.3, -0.25) is 14.6 Å². The van der Waals surface area contributed by atoms with Crippen molar-refractivity contribution in [2.75, 3.05) is 26.2 Å². The fraction of sp³-hybridized carbons (Fsp3) is 0.382. The van der Waals surface area contributed by atoms with E-state index < -0.39 is 23.4 Å². The third kappa shape index (κ3) is 8.01. The molecule has 2 fully saturated rings. The number of benzene rings is 3. The van der Waals surface area contributed by atoms with Gasteiger partial charge in [0.1, 0.15) is 29.1 Å². The second-order valence-corrected chi connectivity index (χ2v) is 11.9. The molecular formula is C34H34F5N3O3. The van der Waals surface area contributed by atoms with E-state index in [1.807, 2.05) is 18.2 Å². The Labute approximate surface area is 257 Å². The third-order valence-corrected chi connectivity index (χ3v) is 8.48. The number of hydrogen-bond acceptors (Lipinski definition) is 5. The van der Waals surface area contributed by atoms with Crippen molar-refractivity contribution in [1.82, 2.24) is 15.1 Å². The SMILES string of the molecule is O=C(NC1CCN(Cc2cc(F)cc(F)c2)CC1)c1cc2cc(CN3CCC(Oc4ccc(C(F)(F)F)cc4)CC3)ccc2o1. The largest absolute Gasteiger partial charge is 0.490 e. The van der Waals surface area contributed by atoms with Crippen molar-refractivity contribution in [3.63, 3.8) is 0 Å². The monoisotopic (exact) mass is 627 g/mol. The zero-order valence-electron chi connectivity index (χ0n) is 24.6. The van der Waals surface area contributed by atoms with Gasteiger partial charge in [-0.15, -0.1) is 0 Å². The second kappa shape index (κ2) is 13.2. The molecule has 4 aromatic rings. The van der Waals surface area contributed by atoms with Gasteiger partial charge in [-0.25, -0.2) is 8.78 Å². The number of nitrogens with one attached hydrogen (secondary N) is 1. The molecule has 0 aliphatic carbocycles. The van der Waals surface area contributed by atoms with Crippen LogP contribution in [0.25, 0.3) is 11.0 Å². The Kier molecular flexibility index (Phi) is 9.09. The smallest absolute Gasteiger partial charge is 0.416 e. The van der Waals surface area contributed by atoms with E-state index in [9.17, 15) is 26.7 Å². The van der Waals surface area contributed by atoms with Gasteiger partial charge in [0.05, 0.1) is 5.56 Å². The van der Waals surface area contributed by atoms with Crippen LogP contribution in [-0.2, 0) is 19.3 Å². The maximum absolute atomic E-state index is 13.5. The number of alkyl halides is 3. The van der Waals surface area contributed by atoms with Gasteiger partial charge >= 0.3 is 6.18 Å². The number of halogens is 5. The highest BCUT2D eigenvalue weighted by atomic mass is 19.4. The molecule has 0 saturated carbocycles. The van der Waals surface area contributed by atoms with Crippen molar-refractivity contribution in [2.45, 2.75) is 57.1 Å². The van der Waals surface area contributed by atoms with E-state index in [2.05, 4.69) is 15.1 Å². The first-order valence-corrected chi connectivity index (χ1v) is 15.1. The summed E-state index contributed by atoms with van der Waals surface area (Å²) in [5.41, 5.74) is 1.61. The quantitative estimate of drug-likeness (QED) is 0.210. The Balaban J connectivity index is 0.963. The van der Waals surface area contributed by atoms with Crippen molar-refractivity contribution in [3.8, 4) is 5.75 Å². The van der Waals surface area contributed by atoms with Gasteiger partial charge in [0.15, 0.2) is 5.76 Å². The first-order chi connectivity index (χ1) is 21.6. The average molecular weight is 628 g/mol. The van der Waals surface area contributed by atoms with E-state index in [1.165, 1.54) is 24.3 Å².